The molecule has 2 rings (SSSR count). The quantitative estimate of drug-likeness (QED) is 0.877. The molecule has 0 amide bonds. The third-order valence-electron chi connectivity index (χ3n) is 4.04. The Bertz CT molecular complexity index is 422. The summed E-state index contributed by atoms with van der Waals surface area (Å²) in [7, 11) is 3.19. The van der Waals surface area contributed by atoms with Crippen LogP contribution in [0.3, 0.4) is 0 Å². The Morgan fingerprint density at radius 3 is 2.40 bits per heavy atom. The minimum atomic E-state index is -0.525. The third kappa shape index (κ3) is 3.37. The maximum atomic E-state index is 10.4. The number of hydrogen-bond acceptors (Lipinski definition) is 4. The van der Waals surface area contributed by atoms with Crippen LogP contribution in [-0.4, -0.2) is 25.4 Å². The van der Waals surface area contributed by atoms with E-state index < -0.39 is 12.1 Å². The minimum absolute atomic E-state index is 0. The number of hydrogen-bond donors (Lipinski definition) is 2. The van der Waals surface area contributed by atoms with Gasteiger partial charge < -0.3 is 20.3 Å². The Kier molecular flexibility index (Phi) is 6.59. The fourth-order valence-corrected chi connectivity index (χ4v) is 2.95. The zero-order valence-electron chi connectivity index (χ0n) is 12.0. The standard InChI is InChI=1S/C15H23NO3.ClH/c1-18-12-9-5-8-11(15(12)19-2)13(16)14(17)10-6-3-4-7-10;/h5,8-10,13-14,17H,3-4,6-7,16H2,1-2H3;1H/t13-,14+;/m1./s1. The van der Waals surface area contributed by atoms with Gasteiger partial charge in [0.1, 0.15) is 0 Å². The highest BCUT2D eigenvalue weighted by molar-refractivity contribution is 5.85. The van der Waals surface area contributed by atoms with Crippen molar-refractivity contribution in [1.29, 1.82) is 0 Å². The number of aliphatic hydroxyl groups excluding tert-OH is 1. The molecule has 1 fully saturated rings. The van der Waals surface area contributed by atoms with Gasteiger partial charge in [0.05, 0.1) is 26.4 Å². The van der Waals surface area contributed by atoms with Gasteiger partial charge in [0, 0.05) is 5.56 Å². The molecule has 0 spiro atoms. The summed E-state index contributed by atoms with van der Waals surface area (Å²) >= 11 is 0. The molecular formula is C15H24ClNO3. The number of nitrogens with two attached hydrogens (primary N) is 1. The molecule has 1 aromatic carbocycles. The summed E-state index contributed by atoms with van der Waals surface area (Å²) in [6.45, 7) is 0. The van der Waals surface area contributed by atoms with E-state index in [1.807, 2.05) is 18.2 Å². The van der Waals surface area contributed by atoms with Crippen molar-refractivity contribution < 1.29 is 14.6 Å². The van der Waals surface area contributed by atoms with E-state index in [1.165, 1.54) is 12.8 Å². The molecule has 1 aliphatic rings. The molecule has 1 aliphatic carbocycles. The highest BCUT2D eigenvalue weighted by atomic mass is 35.5. The maximum Gasteiger partial charge on any atom is 0.165 e. The molecule has 1 saturated carbocycles. The summed E-state index contributed by atoms with van der Waals surface area (Å²) in [5, 5.41) is 10.4. The molecule has 0 unspecified atom stereocenters. The van der Waals surface area contributed by atoms with E-state index in [-0.39, 0.29) is 12.4 Å². The lowest BCUT2D eigenvalue weighted by molar-refractivity contribution is 0.0834. The zero-order chi connectivity index (χ0) is 13.8. The molecule has 4 nitrogen and oxygen atoms in total. The number of methoxy groups -OCH3 is 2. The molecule has 0 bridgehead atoms. The number of benzene rings is 1. The summed E-state index contributed by atoms with van der Waals surface area (Å²) in [5.74, 6) is 1.56. The number of ether oxygens (including phenoxy) is 2. The first-order valence-electron chi connectivity index (χ1n) is 6.83. The molecule has 0 heterocycles. The highest BCUT2D eigenvalue weighted by Crippen LogP contribution is 2.38. The third-order valence-corrected chi connectivity index (χ3v) is 4.04. The van der Waals surface area contributed by atoms with Gasteiger partial charge in [-0.2, -0.15) is 0 Å². The molecule has 0 aromatic heterocycles. The fraction of sp³-hybridized carbons (Fsp3) is 0.600. The van der Waals surface area contributed by atoms with Crippen molar-refractivity contribution in [1.82, 2.24) is 0 Å². The second-order valence-corrected chi connectivity index (χ2v) is 5.14. The lowest BCUT2D eigenvalue weighted by Gasteiger charge is -2.26. The van der Waals surface area contributed by atoms with Crippen LogP contribution in [0.5, 0.6) is 11.5 Å². The van der Waals surface area contributed by atoms with Crippen molar-refractivity contribution >= 4 is 12.4 Å². The van der Waals surface area contributed by atoms with Gasteiger partial charge in [-0.1, -0.05) is 25.0 Å². The highest BCUT2D eigenvalue weighted by Gasteiger charge is 2.30. The van der Waals surface area contributed by atoms with Gasteiger partial charge in [0.2, 0.25) is 0 Å². The van der Waals surface area contributed by atoms with E-state index in [4.69, 9.17) is 15.2 Å². The van der Waals surface area contributed by atoms with Gasteiger partial charge in [-0.3, -0.25) is 0 Å². The number of halogens is 1. The predicted molar refractivity (Wildman–Crippen MR) is 81.7 cm³/mol. The van der Waals surface area contributed by atoms with E-state index in [0.717, 1.165) is 18.4 Å². The Morgan fingerprint density at radius 1 is 1.20 bits per heavy atom. The molecule has 3 N–H and O–H groups in total. The number of rotatable bonds is 5. The molecule has 0 radical (unpaired) electrons. The van der Waals surface area contributed by atoms with Crippen LogP contribution in [-0.2, 0) is 0 Å². The zero-order valence-corrected chi connectivity index (χ0v) is 12.9. The molecule has 1 aromatic rings. The number of para-hydroxylation sites is 1. The molecule has 5 heteroatoms. The summed E-state index contributed by atoms with van der Waals surface area (Å²) in [6.07, 6.45) is 3.96. The average molecular weight is 302 g/mol. The second-order valence-electron chi connectivity index (χ2n) is 5.14. The summed E-state index contributed by atoms with van der Waals surface area (Å²) in [6, 6.07) is 5.16. The normalized spacial score (nSPS) is 18.2. The van der Waals surface area contributed by atoms with Gasteiger partial charge in [-0.25, -0.2) is 0 Å². The predicted octanol–water partition coefficient (Wildman–Crippen LogP) is 2.68. The van der Waals surface area contributed by atoms with Gasteiger partial charge in [0.25, 0.3) is 0 Å². The van der Waals surface area contributed by atoms with Crippen molar-refractivity contribution in [2.45, 2.75) is 37.8 Å². The summed E-state index contributed by atoms with van der Waals surface area (Å²) in [4.78, 5) is 0. The topological polar surface area (TPSA) is 64.7 Å². The van der Waals surface area contributed by atoms with Crippen LogP contribution in [0, 0.1) is 5.92 Å². The maximum absolute atomic E-state index is 10.4. The van der Waals surface area contributed by atoms with Gasteiger partial charge in [0.15, 0.2) is 11.5 Å². The van der Waals surface area contributed by atoms with E-state index in [2.05, 4.69) is 0 Å². The largest absolute Gasteiger partial charge is 0.493 e. The van der Waals surface area contributed by atoms with Crippen LogP contribution < -0.4 is 15.2 Å². The van der Waals surface area contributed by atoms with Crippen molar-refractivity contribution in [2.75, 3.05) is 14.2 Å². The monoisotopic (exact) mass is 301 g/mol. The Balaban J connectivity index is 0.00000200. The van der Waals surface area contributed by atoms with Gasteiger partial charge in [-0.05, 0) is 24.8 Å². The van der Waals surface area contributed by atoms with Crippen molar-refractivity contribution in [3.63, 3.8) is 0 Å². The minimum Gasteiger partial charge on any atom is -0.493 e. The van der Waals surface area contributed by atoms with E-state index in [1.54, 1.807) is 14.2 Å². The lowest BCUT2D eigenvalue weighted by Crippen LogP contribution is -2.32. The molecule has 20 heavy (non-hydrogen) atoms. The van der Waals surface area contributed by atoms with Crippen molar-refractivity contribution in [3.8, 4) is 11.5 Å². The van der Waals surface area contributed by atoms with E-state index in [9.17, 15) is 5.11 Å². The Labute approximate surface area is 126 Å². The smallest absolute Gasteiger partial charge is 0.165 e. The van der Waals surface area contributed by atoms with Crippen molar-refractivity contribution in [3.05, 3.63) is 23.8 Å². The molecule has 2 atom stereocenters. The first-order valence-corrected chi connectivity index (χ1v) is 6.83. The molecule has 0 saturated heterocycles. The van der Waals surface area contributed by atoms with Crippen molar-refractivity contribution in [2.24, 2.45) is 11.7 Å². The molecule has 114 valence electrons. The lowest BCUT2D eigenvalue weighted by atomic mass is 9.90. The first-order chi connectivity index (χ1) is 9.19. The van der Waals surface area contributed by atoms with Crippen LogP contribution >= 0.6 is 12.4 Å². The van der Waals surface area contributed by atoms with Gasteiger partial charge >= 0.3 is 0 Å². The summed E-state index contributed by atoms with van der Waals surface area (Å²) in [5.41, 5.74) is 7.04. The van der Waals surface area contributed by atoms with E-state index >= 15 is 0 Å². The van der Waals surface area contributed by atoms with Crippen LogP contribution in [0.15, 0.2) is 18.2 Å². The Hall–Kier alpha value is -0.970. The fourth-order valence-electron chi connectivity index (χ4n) is 2.95. The first kappa shape index (κ1) is 17.1. The van der Waals surface area contributed by atoms with Crippen LogP contribution in [0.2, 0.25) is 0 Å². The van der Waals surface area contributed by atoms with Crippen LogP contribution in [0.4, 0.5) is 0 Å². The SMILES string of the molecule is COc1cccc([C@@H](N)[C@@H](O)C2CCCC2)c1OC.Cl. The van der Waals surface area contributed by atoms with E-state index in [0.29, 0.717) is 17.4 Å². The second kappa shape index (κ2) is 7.72. The Morgan fingerprint density at radius 2 is 1.85 bits per heavy atom. The average Bonchev–Trinajstić information content (AvgIpc) is 2.98. The van der Waals surface area contributed by atoms with Crippen LogP contribution in [0.1, 0.15) is 37.3 Å². The van der Waals surface area contributed by atoms with Gasteiger partial charge in [-0.15, -0.1) is 12.4 Å². The molecular weight excluding hydrogens is 278 g/mol. The van der Waals surface area contributed by atoms with Crippen LogP contribution in [0.25, 0.3) is 0 Å². The number of aliphatic hydroxyl groups is 1. The molecule has 0 aliphatic heterocycles. The summed E-state index contributed by atoms with van der Waals surface area (Å²) < 4.78 is 10.7.